The van der Waals surface area contributed by atoms with Gasteiger partial charge in [-0.1, -0.05) is 46.3 Å². The first kappa shape index (κ1) is 13.8. The van der Waals surface area contributed by atoms with Crippen LogP contribution in [0.2, 0.25) is 0 Å². The van der Waals surface area contributed by atoms with Crippen LogP contribution in [0.4, 0.5) is 0 Å². The first-order chi connectivity index (χ1) is 7.63. The molecule has 0 heterocycles. The molecular weight excluding hydrogens is 192 g/mol. The van der Waals surface area contributed by atoms with Crippen LogP contribution in [0.3, 0.4) is 0 Å². The van der Waals surface area contributed by atoms with Crippen molar-refractivity contribution >= 4 is 0 Å². The van der Waals surface area contributed by atoms with Crippen LogP contribution in [0.1, 0.15) is 66.2 Å². The third-order valence-electron chi connectivity index (χ3n) is 4.39. The monoisotopic (exact) mass is 222 g/mol. The van der Waals surface area contributed by atoms with Gasteiger partial charge in [0.1, 0.15) is 0 Å². The van der Waals surface area contributed by atoms with Gasteiger partial charge in [0.15, 0.2) is 0 Å². The summed E-state index contributed by atoms with van der Waals surface area (Å²) in [5.41, 5.74) is 0. The summed E-state index contributed by atoms with van der Waals surface area (Å²) < 4.78 is 0. The van der Waals surface area contributed by atoms with Crippen LogP contribution in [-0.2, 0) is 0 Å². The number of allylic oxidation sites excluding steroid dienone is 2. The van der Waals surface area contributed by atoms with Gasteiger partial charge in [-0.05, 0) is 55.8 Å². The van der Waals surface area contributed by atoms with Crippen LogP contribution in [-0.4, -0.2) is 0 Å². The fourth-order valence-corrected chi connectivity index (χ4v) is 2.83. The van der Waals surface area contributed by atoms with Crippen molar-refractivity contribution in [2.75, 3.05) is 0 Å². The molecule has 0 saturated heterocycles. The molecule has 0 saturated carbocycles. The molecular formula is C16H30. The quantitative estimate of drug-likeness (QED) is 0.546. The summed E-state index contributed by atoms with van der Waals surface area (Å²) >= 11 is 0. The summed E-state index contributed by atoms with van der Waals surface area (Å²) in [6.45, 7) is 9.52. The van der Waals surface area contributed by atoms with Crippen molar-refractivity contribution in [2.24, 2.45) is 23.7 Å². The molecule has 0 bridgehead atoms. The van der Waals surface area contributed by atoms with Gasteiger partial charge in [-0.25, -0.2) is 0 Å². The van der Waals surface area contributed by atoms with E-state index in [2.05, 4.69) is 39.8 Å². The van der Waals surface area contributed by atoms with E-state index in [0.29, 0.717) is 0 Å². The second-order valence-electron chi connectivity index (χ2n) is 6.07. The van der Waals surface area contributed by atoms with Crippen LogP contribution in [0.5, 0.6) is 0 Å². The van der Waals surface area contributed by atoms with Gasteiger partial charge in [0.2, 0.25) is 0 Å². The molecule has 0 heteroatoms. The summed E-state index contributed by atoms with van der Waals surface area (Å²) in [7, 11) is 0. The summed E-state index contributed by atoms with van der Waals surface area (Å²) in [4.78, 5) is 0. The van der Waals surface area contributed by atoms with Gasteiger partial charge < -0.3 is 0 Å². The van der Waals surface area contributed by atoms with Crippen LogP contribution >= 0.6 is 0 Å². The molecule has 0 unspecified atom stereocenters. The highest BCUT2D eigenvalue weighted by Gasteiger charge is 2.17. The van der Waals surface area contributed by atoms with Gasteiger partial charge in [-0.2, -0.15) is 0 Å². The van der Waals surface area contributed by atoms with E-state index in [4.69, 9.17) is 0 Å². The standard InChI is InChI=1S/C16H30/c1-5-15-8-6-7-14(4)9-11-16(12-10-15)13(2)3/h6-7,13-16H,5,8-12H2,1-4H3/b7-6+/t14-,15+,16-/m1/s1. The predicted octanol–water partition coefficient (Wildman–Crippen LogP) is 5.44. The Balaban J connectivity index is 2.58. The van der Waals surface area contributed by atoms with Gasteiger partial charge >= 0.3 is 0 Å². The van der Waals surface area contributed by atoms with E-state index in [1.54, 1.807) is 0 Å². The van der Waals surface area contributed by atoms with Crippen molar-refractivity contribution in [2.45, 2.75) is 66.2 Å². The minimum absolute atomic E-state index is 0.789. The summed E-state index contributed by atoms with van der Waals surface area (Å²) in [5.74, 6) is 3.55. The molecule has 1 aliphatic rings. The first-order valence-corrected chi connectivity index (χ1v) is 7.30. The van der Waals surface area contributed by atoms with Crippen molar-refractivity contribution in [1.29, 1.82) is 0 Å². The highest BCUT2D eigenvalue weighted by molar-refractivity contribution is 4.89. The van der Waals surface area contributed by atoms with Gasteiger partial charge in [0, 0.05) is 0 Å². The van der Waals surface area contributed by atoms with Crippen LogP contribution in [0.15, 0.2) is 12.2 Å². The molecule has 3 atom stereocenters. The molecule has 0 fully saturated rings. The number of hydrogen-bond acceptors (Lipinski definition) is 0. The normalized spacial score (nSPS) is 34.9. The number of rotatable bonds is 2. The summed E-state index contributed by atoms with van der Waals surface area (Å²) in [6.07, 6.45) is 13.3. The largest absolute Gasteiger partial charge is 0.0880 e. The summed E-state index contributed by atoms with van der Waals surface area (Å²) in [6, 6.07) is 0. The minimum Gasteiger partial charge on any atom is -0.0880 e. The van der Waals surface area contributed by atoms with E-state index in [9.17, 15) is 0 Å². The molecule has 0 spiro atoms. The molecule has 16 heavy (non-hydrogen) atoms. The molecule has 0 N–H and O–H groups in total. The second kappa shape index (κ2) is 7.14. The molecule has 0 radical (unpaired) electrons. The Hall–Kier alpha value is -0.260. The lowest BCUT2D eigenvalue weighted by atomic mass is 9.81. The maximum atomic E-state index is 2.45. The molecule has 0 aromatic heterocycles. The fraction of sp³-hybridized carbons (Fsp3) is 0.875. The Morgan fingerprint density at radius 3 is 2.44 bits per heavy atom. The Kier molecular flexibility index (Phi) is 6.16. The topological polar surface area (TPSA) is 0 Å². The second-order valence-corrected chi connectivity index (χ2v) is 6.07. The van der Waals surface area contributed by atoms with Crippen LogP contribution < -0.4 is 0 Å². The van der Waals surface area contributed by atoms with Crippen LogP contribution in [0, 0.1) is 23.7 Å². The lowest BCUT2D eigenvalue weighted by molar-refractivity contribution is 0.283. The van der Waals surface area contributed by atoms with Crippen molar-refractivity contribution in [1.82, 2.24) is 0 Å². The van der Waals surface area contributed by atoms with E-state index in [-0.39, 0.29) is 0 Å². The van der Waals surface area contributed by atoms with Gasteiger partial charge in [0.05, 0.1) is 0 Å². The Morgan fingerprint density at radius 2 is 1.81 bits per heavy atom. The molecule has 0 aliphatic heterocycles. The zero-order valence-corrected chi connectivity index (χ0v) is 11.7. The van der Waals surface area contributed by atoms with Gasteiger partial charge in [0.25, 0.3) is 0 Å². The predicted molar refractivity (Wildman–Crippen MR) is 73.5 cm³/mol. The average Bonchev–Trinajstić information content (AvgIpc) is 2.26. The SMILES string of the molecule is CC[C@H]1C/C=C/[C@@H](C)CC[C@@H](C(C)C)CC1. The minimum atomic E-state index is 0.789. The van der Waals surface area contributed by atoms with Crippen LogP contribution in [0.25, 0.3) is 0 Å². The third-order valence-corrected chi connectivity index (χ3v) is 4.39. The summed E-state index contributed by atoms with van der Waals surface area (Å²) in [5, 5.41) is 0. The van der Waals surface area contributed by atoms with Crippen molar-refractivity contribution < 1.29 is 0 Å². The molecule has 1 rings (SSSR count). The maximum absolute atomic E-state index is 2.45. The van der Waals surface area contributed by atoms with Gasteiger partial charge in [-0.3, -0.25) is 0 Å². The van der Waals surface area contributed by atoms with Crippen molar-refractivity contribution in [3.05, 3.63) is 12.2 Å². The Labute approximate surface area is 103 Å². The van der Waals surface area contributed by atoms with Gasteiger partial charge in [-0.15, -0.1) is 0 Å². The third kappa shape index (κ3) is 4.72. The molecule has 0 nitrogen and oxygen atoms in total. The Morgan fingerprint density at radius 1 is 1.12 bits per heavy atom. The molecule has 94 valence electrons. The van der Waals surface area contributed by atoms with E-state index in [0.717, 1.165) is 23.7 Å². The highest BCUT2D eigenvalue weighted by Crippen LogP contribution is 2.30. The lowest BCUT2D eigenvalue weighted by Crippen LogP contribution is -2.13. The molecule has 0 aromatic carbocycles. The average molecular weight is 222 g/mol. The zero-order chi connectivity index (χ0) is 12.0. The van der Waals surface area contributed by atoms with E-state index in [1.807, 2.05) is 0 Å². The van der Waals surface area contributed by atoms with E-state index in [1.165, 1.54) is 38.5 Å². The highest BCUT2D eigenvalue weighted by atomic mass is 14.2. The van der Waals surface area contributed by atoms with E-state index < -0.39 is 0 Å². The first-order valence-electron chi connectivity index (χ1n) is 7.30. The molecule has 0 aromatic rings. The Bertz CT molecular complexity index is 202. The smallest absolute Gasteiger partial charge is 0.0262 e. The van der Waals surface area contributed by atoms with Crippen molar-refractivity contribution in [3.8, 4) is 0 Å². The maximum Gasteiger partial charge on any atom is -0.0262 e. The molecule has 0 amide bonds. The molecule has 1 aliphatic carbocycles. The zero-order valence-electron chi connectivity index (χ0n) is 11.7. The number of hydrogen-bond donors (Lipinski definition) is 0. The van der Waals surface area contributed by atoms with Crippen molar-refractivity contribution in [3.63, 3.8) is 0 Å². The fourth-order valence-electron chi connectivity index (χ4n) is 2.83. The van der Waals surface area contributed by atoms with E-state index >= 15 is 0 Å². The lowest BCUT2D eigenvalue weighted by Gasteiger charge is -2.25.